The summed E-state index contributed by atoms with van der Waals surface area (Å²) >= 11 is 0. The monoisotopic (exact) mass is 597 g/mol. The Balaban J connectivity index is 1.71. The summed E-state index contributed by atoms with van der Waals surface area (Å²) in [6, 6.07) is 2.93. The van der Waals surface area contributed by atoms with Gasteiger partial charge in [0, 0.05) is 13.7 Å². The van der Waals surface area contributed by atoms with Gasteiger partial charge < -0.3 is 9.47 Å². The van der Waals surface area contributed by atoms with Crippen LogP contribution in [0.3, 0.4) is 0 Å². The van der Waals surface area contributed by atoms with E-state index in [2.05, 4.69) is 0 Å². The third kappa shape index (κ3) is 6.76. The second-order valence-electron chi connectivity index (χ2n) is 10.5. The average Bonchev–Trinajstić information content (AvgIpc) is 3.17. The third-order valence-electron chi connectivity index (χ3n) is 7.78. The molecular formula is C28H28F9NO3. The first kappa shape index (κ1) is 31.0. The summed E-state index contributed by atoms with van der Waals surface area (Å²) in [6.45, 7) is 0.929. The molecule has 4 nitrogen and oxygen atoms in total. The highest BCUT2D eigenvalue weighted by Crippen LogP contribution is 2.43. The molecule has 0 spiro atoms. The van der Waals surface area contributed by atoms with Crippen LogP contribution in [0.4, 0.5) is 44.3 Å². The molecule has 0 N–H and O–H groups in total. The maximum atomic E-state index is 13.6. The van der Waals surface area contributed by atoms with E-state index in [0.717, 1.165) is 49.1 Å². The summed E-state index contributed by atoms with van der Waals surface area (Å²) in [6.07, 6.45) is -13.6. The largest absolute Gasteiger partial charge is 0.439 e. The molecule has 1 saturated carbocycles. The number of halogens is 9. The number of nitrogens with zero attached hydrogens (tertiary/aromatic N) is 1. The van der Waals surface area contributed by atoms with E-state index in [-0.39, 0.29) is 17.5 Å². The quantitative estimate of drug-likeness (QED) is 0.312. The number of ether oxygens (including phenoxy) is 2. The number of cyclic esters (lactones) is 1. The van der Waals surface area contributed by atoms with Gasteiger partial charge in [0.2, 0.25) is 0 Å². The Bertz CT molecular complexity index is 1220. The van der Waals surface area contributed by atoms with E-state index in [4.69, 9.17) is 9.47 Å². The van der Waals surface area contributed by atoms with Gasteiger partial charge in [0.25, 0.3) is 0 Å². The minimum absolute atomic E-state index is 0.0193. The summed E-state index contributed by atoms with van der Waals surface area (Å²) in [7, 11) is 1.44. The number of amides is 1. The standard InChI is InChI=1S/C28H28F9NO3/c1-15-23(17-10-20(27(32,33)34)13-21(11-17)28(35,36)37)41-25(39)38(15)14-18-12-19(26(29,30)31)8-9-22(18)24(40-2)16-6-4-3-5-7-16/h8-13,15-16,23-24H,3-7,14H2,1-2H3/t15-,23-,24?/m0/s1. The molecule has 226 valence electrons. The molecule has 4 rings (SSSR count). The van der Waals surface area contributed by atoms with Gasteiger partial charge in [-0.2, -0.15) is 39.5 Å². The minimum Gasteiger partial charge on any atom is -0.439 e. The number of alkyl halides is 9. The zero-order valence-corrected chi connectivity index (χ0v) is 22.1. The number of methoxy groups -OCH3 is 1. The molecule has 0 aromatic heterocycles. The molecular weight excluding hydrogens is 569 g/mol. The number of hydrogen-bond donors (Lipinski definition) is 0. The molecule has 13 heteroatoms. The van der Waals surface area contributed by atoms with Gasteiger partial charge in [-0.05, 0) is 72.7 Å². The van der Waals surface area contributed by atoms with Crippen molar-refractivity contribution in [2.45, 2.75) is 82.4 Å². The molecule has 1 aliphatic heterocycles. The van der Waals surface area contributed by atoms with Crippen LogP contribution in [0, 0.1) is 5.92 Å². The summed E-state index contributed by atoms with van der Waals surface area (Å²) in [4.78, 5) is 13.9. The molecule has 1 amide bonds. The van der Waals surface area contributed by atoms with Gasteiger partial charge in [0.1, 0.15) is 6.10 Å². The number of benzene rings is 2. The first-order valence-electron chi connectivity index (χ1n) is 13.0. The van der Waals surface area contributed by atoms with Crippen LogP contribution in [-0.2, 0) is 34.5 Å². The van der Waals surface area contributed by atoms with E-state index in [1.165, 1.54) is 20.1 Å². The molecule has 1 unspecified atom stereocenters. The second-order valence-corrected chi connectivity index (χ2v) is 10.5. The van der Waals surface area contributed by atoms with Crippen molar-refractivity contribution >= 4 is 6.09 Å². The maximum Gasteiger partial charge on any atom is 0.416 e. The van der Waals surface area contributed by atoms with E-state index in [1.54, 1.807) is 0 Å². The first-order valence-corrected chi connectivity index (χ1v) is 13.0. The predicted molar refractivity (Wildman–Crippen MR) is 128 cm³/mol. The SMILES string of the molecule is COC(c1ccc(C(F)(F)F)cc1CN1C(=O)O[C@H](c2cc(C(F)(F)F)cc(C(F)(F)F)c2)[C@@H]1C)C1CCCCC1. The lowest BCUT2D eigenvalue weighted by Crippen LogP contribution is -2.32. The molecule has 0 radical (unpaired) electrons. The summed E-state index contributed by atoms with van der Waals surface area (Å²) in [5.41, 5.74) is -4.12. The van der Waals surface area contributed by atoms with Crippen LogP contribution in [0.5, 0.6) is 0 Å². The van der Waals surface area contributed by atoms with Crippen LogP contribution >= 0.6 is 0 Å². The lowest BCUT2D eigenvalue weighted by Gasteiger charge is -2.32. The van der Waals surface area contributed by atoms with Crippen LogP contribution in [-0.4, -0.2) is 24.1 Å². The molecule has 2 aromatic rings. The van der Waals surface area contributed by atoms with E-state index in [1.807, 2.05) is 0 Å². The molecule has 3 atom stereocenters. The number of hydrogen-bond acceptors (Lipinski definition) is 3. The van der Waals surface area contributed by atoms with Gasteiger partial charge in [-0.1, -0.05) is 25.3 Å². The van der Waals surface area contributed by atoms with Crippen molar-refractivity contribution in [3.8, 4) is 0 Å². The number of carbonyl (C=O) groups is 1. The number of rotatable bonds is 6. The Morgan fingerprint density at radius 3 is 1.93 bits per heavy atom. The van der Waals surface area contributed by atoms with Gasteiger partial charge in [0.15, 0.2) is 0 Å². The van der Waals surface area contributed by atoms with Gasteiger partial charge in [-0.3, -0.25) is 4.90 Å². The van der Waals surface area contributed by atoms with Crippen molar-refractivity contribution < 1.29 is 53.8 Å². The van der Waals surface area contributed by atoms with Crippen LogP contribution in [0.15, 0.2) is 36.4 Å². The van der Waals surface area contributed by atoms with Crippen LogP contribution in [0.1, 0.15) is 84.6 Å². The summed E-state index contributed by atoms with van der Waals surface area (Å²) in [5, 5.41) is 0. The minimum atomic E-state index is -5.11. The zero-order chi connectivity index (χ0) is 30.3. The van der Waals surface area contributed by atoms with Crippen LogP contribution in [0.25, 0.3) is 0 Å². The van der Waals surface area contributed by atoms with E-state index >= 15 is 0 Å². The lowest BCUT2D eigenvalue weighted by atomic mass is 9.81. The lowest BCUT2D eigenvalue weighted by molar-refractivity contribution is -0.143. The van der Waals surface area contributed by atoms with Crippen molar-refractivity contribution in [2.75, 3.05) is 7.11 Å². The second kappa shape index (κ2) is 11.4. The van der Waals surface area contributed by atoms with Crippen molar-refractivity contribution in [3.05, 3.63) is 69.8 Å². The molecule has 2 aliphatic rings. The fourth-order valence-electron chi connectivity index (χ4n) is 5.69. The van der Waals surface area contributed by atoms with Crippen molar-refractivity contribution in [3.63, 3.8) is 0 Å². The van der Waals surface area contributed by atoms with Gasteiger partial charge in [0.05, 0.1) is 28.8 Å². The molecule has 2 aromatic carbocycles. The fourth-order valence-corrected chi connectivity index (χ4v) is 5.69. The van der Waals surface area contributed by atoms with Gasteiger partial charge in [-0.25, -0.2) is 4.79 Å². The van der Waals surface area contributed by atoms with E-state index < -0.39 is 71.7 Å². The Kier molecular flexibility index (Phi) is 8.60. The normalized spacial score (nSPS) is 21.7. The molecule has 2 fully saturated rings. The van der Waals surface area contributed by atoms with Crippen molar-refractivity contribution in [1.82, 2.24) is 4.90 Å². The van der Waals surface area contributed by atoms with E-state index in [9.17, 15) is 44.3 Å². The molecule has 1 saturated heterocycles. The summed E-state index contributed by atoms with van der Waals surface area (Å²) < 4.78 is 132. The van der Waals surface area contributed by atoms with Crippen molar-refractivity contribution in [2.24, 2.45) is 5.92 Å². The third-order valence-corrected chi connectivity index (χ3v) is 7.78. The molecule has 1 heterocycles. The highest BCUT2D eigenvalue weighted by atomic mass is 19.4. The maximum absolute atomic E-state index is 13.6. The van der Waals surface area contributed by atoms with Crippen LogP contribution in [0.2, 0.25) is 0 Å². The Morgan fingerprint density at radius 1 is 0.854 bits per heavy atom. The fraction of sp³-hybridized carbons (Fsp3) is 0.536. The molecule has 41 heavy (non-hydrogen) atoms. The highest BCUT2D eigenvalue weighted by Gasteiger charge is 2.44. The van der Waals surface area contributed by atoms with E-state index in [0.29, 0.717) is 17.7 Å². The predicted octanol–water partition coefficient (Wildman–Crippen LogP) is 9.09. The first-order chi connectivity index (χ1) is 19.0. The molecule has 0 bridgehead atoms. The van der Waals surface area contributed by atoms with Gasteiger partial charge >= 0.3 is 24.6 Å². The number of carbonyl (C=O) groups excluding carboxylic acids is 1. The average molecular weight is 598 g/mol. The Morgan fingerprint density at radius 2 is 1.41 bits per heavy atom. The summed E-state index contributed by atoms with van der Waals surface area (Å²) in [5.74, 6) is 0.0193. The topological polar surface area (TPSA) is 38.8 Å². The van der Waals surface area contributed by atoms with Crippen molar-refractivity contribution in [1.29, 1.82) is 0 Å². The molecule has 1 aliphatic carbocycles. The van der Waals surface area contributed by atoms with Gasteiger partial charge in [-0.15, -0.1) is 0 Å². The smallest absolute Gasteiger partial charge is 0.416 e. The highest BCUT2D eigenvalue weighted by molar-refractivity contribution is 5.71. The zero-order valence-electron chi connectivity index (χ0n) is 22.1. The Labute approximate surface area is 230 Å². The Hall–Kier alpha value is -2.96. The van der Waals surface area contributed by atoms with Crippen LogP contribution < -0.4 is 0 Å².